The van der Waals surface area contributed by atoms with Crippen molar-refractivity contribution in [1.82, 2.24) is 15.2 Å². The molecule has 0 aliphatic rings. The minimum absolute atomic E-state index is 0.0912. The normalized spacial score (nSPS) is 10.3. The first-order valence-electron chi connectivity index (χ1n) is 5.36. The molecular formula is C10H17N3O2. The lowest BCUT2D eigenvalue weighted by Gasteiger charge is -2.20. The third kappa shape index (κ3) is 3.34. The molecule has 0 aliphatic heterocycles. The van der Waals surface area contributed by atoms with Crippen LogP contribution in [0.5, 0.6) is 0 Å². The summed E-state index contributed by atoms with van der Waals surface area (Å²) in [5.74, 6) is -0.0912. The number of amides is 1. The summed E-state index contributed by atoms with van der Waals surface area (Å²) in [7, 11) is 0. The maximum Gasteiger partial charge on any atom is 0.277 e. The van der Waals surface area contributed by atoms with Crippen molar-refractivity contribution in [2.45, 2.75) is 33.1 Å². The van der Waals surface area contributed by atoms with Crippen LogP contribution in [0.1, 0.15) is 43.6 Å². The fourth-order valence-corrected chi connectivity index (χ4v) is 1.35. The van der Waals surface area contributed by atoms with Crippen LogP contribution in [0.2, 0.25) is 0 Å². The zero-order chi connectivity index (χ0) is 11.1. The maximum atomic E-state index is 11.9. The second-order valence-corrected chi connectivity index (χ2v) is 3.44. The van der Waals surface area contributed by atoms with Gasteiger partial charge in [-0.3, -0.25) is 4.79 Å². The van der Waals surface area contributed by atoms with Crippen LogP contribution in [0, 0.1) is 0 Å². The van der Waals surface area contributed by atoms with E-state index in [2.05, 4.69) is 21.9 Å². The van der Waals surface area contributed by atoms with E-state index in [1.165, 1.54) is 6.20 Å². The average molecular weight is 211 g/mol. The molecule has 0 unspecified atom stereocenters. The molecule has 15 heavy (non-hydrogen) atoms. The van der Waals surface area contributed by atoms with Gasteiger partial charge in [-0.1, -0.05) is 25.4 Å². The van der Waals surface area contributed by atoms with Crippen molar-refractivity contribution >= 4 is 5.91 Å². The molecule has 0 spiro atoms. The van der Waals surface area contributed by atoms with E-state index in [1.54, 1.807) is 4.90 Å². The number of aromatic nitrogens is 2. The second-order valence-electron chi connectivity index (χ2n) is 3.44. The number of hydrogen-bond donors (Lipinski definition) is 0. The van der Waals surface area contributed by atoms with Crippen molar-refractivity contribution < 1.29 is 9.42 Å². The molecule has 1 amide bonds. The highest BCUT2D eigenvalue weighted by molar-refractivity contribution is 5.91. The van der Waals surface area contributed by atoms with Crippen molar-refractivity contribution in [3.8, 4) is 0 Å². The summed E-state index contributed by atoms with van der Waals surface area (Å²) in [5, 5.41) is 6.98. The molecule has 0 fully saturated rings. The summed E-state index contributed by atoms with van der Waals surface area (Å²) in [6, 6.07) is 0. The Bertz CT molecular complexity index is 285. The summed E-state index contributed by atoms with van der Waals surface area (Å²) in [4.78, 5) is 13.7. The first kappa shape index (κ1) is 11.7. The summed E-state index contributed by atoms with van der Waals surface area (Å²) in [5.41, 5.74) is 0.291. The molecule has 5 nitrogen and oxygen atoms in total. The number of rotatable bonds is 6. The van der Waals surface area contributed by atoms with Crippen molar-refractivity contribution in [2.24, 2.45) is 0 Å². The third-order valence-electron chi connectivity index (χ3n) is 2.14. The molecule has 1 rings (SSSR count). The Morgan fingerprint density at radius 2 is 2.20 bits per heavy atom. The fraction of sp³-hybridized carbons (Fsp3) is 0.700. The number of nitrogens with zero attached hydrogens (tertiary/aromatic N) is 3. The zero-order valence-electron chi connectivity index (χ0n) is 9.27. The number of unbranched alkanes of at least 4 members (excludes halogenated alkanes) is 1. The second kappa shape index (κ2) is 6.16. The molecule has 84 valence electrons. The Morgan fingerprint density at radius 1 is 1.40 bits per heavy atom. The summed E-state index contributed by atoms with van der Waals surface area (Å²) < 4.78 is 4.42. The van der Waals surface area contributed by atoms with E-state index >= 15 is 0 Å². The van der Waals surface area contributed by atoms with Gasteiger partial charge >= 0.3 is 0 Å². The number of carbonyl (C=O) groups is 1. The van der Waals surface area contributed by atoms with Crippen molar-refractivity contribution in [2.75, 3.05) is 13.1 Å². The van der Waals surface area contributed by atoms with Gasteiger partial charge in [0.05, 0.1) is 0 Å². The molecule has 0 saturated heterocycles. The lowest BCUT2D eigenvalue weighted by atomic mass is 10.2. The zero-order valence-corrected chi connectivity index (χ0v) is 9.27. The molecule has 0 atom stereocenters. The predicted octanol–water partition coefficient (Wildman–Crippen LogP) is 1.72. The minimum Gasteiger partial charge on any atom is -0.337 e. The van der Waals surface area contributed by atoms with Crippen LogP contribution in [0.15, 0.2) is 10.8 Å². The number of hydrogen-bond acceptors (Lipinski definition) is 4. The van der Waals surface area contributed by atoms with Crippen LogP contribution in [-0.4, -0.2) is 34.2 Å². The first-order chi connectivity index (χ1) is 7.29. The monoisotopic (exact) mass is 211 g/mol. The van der Waals surface area contributed by atoms with Crippen LogP contribution in [0.3, 0.4) is 0 Å². The molecule has 1 aromatic rings. The maximum absolute atomic E-state index is 11.9. The molecule has 1 aromatic heterocycles. The molecule has 1 heterocycles. The lowest BCUT2D eigenvalue weighted by Crippen LogP contribution is -2.32. The quantitative estimate of drug-likeness (QED) is 0.718. The predicted molar refractivity (Wildman–Crippen MR) is 55.4 cm³/mol. The van der Waals surface area contributed by atoms with Crippen LogP contribution < -0.4 is 0 Å². The molecule has 5 heteroatoms. The van der Waals surface area contributed by atoms with Crippen LogP contribution >= 0.6 is 0 Å². The van der Waals surface area contributed by atoms with Gasteiger partial charge in [-0.15, -0.1) is 0 Å². The average Bonchev–Trinajstić information content (AvgIpc) is 2.76. The Balaban J connectivity index is 2.58. The van der Waals surface area contributed by atoms with Gasteiger partial charge in [0.1, 0.15) is 6.20 Å². The van der Waals surface area contributed by atoms with E-state index < -0.39 is 0 Å². The Labute approximate surface area is 89.4 Å². The Kier molecular flexibility index (Phi) is 4.80. The highest BCUT2D eigenvalue weighted by atomic mass is 16.6. The Morgan fingerprint density at radius 3 is 2.73 bits per heavy atom. The Hall–Kier alpha value is -1.39. The van der Waals surface area contributed by atoms with E-state index in [-0.39, 0.29) is 5.91 Å². The first-order valence-corrected chi connectivity index (χ1v) is 5.36. The van der Waals surface area contributed by atoms with Gasteiger partial charge in [-0.05, 0) is 18.0 Å². The smallest absolute Gasteiger partial charge is 0.277 e. The summed E-state index contributed by atoms with van der Waals surface area (Å²) in [6.07, 6.45) is 4.39. The van der Waals surface area contributed by atoms with Gasteiger partial charge in [0, 0.05) is 13.1 Å². The van der Waals surface area contributed by atoms with E-state index in [9.17, 15) is 4.79 Å². The molecule has 0 saturated carbocycles. The van der Waals surface area contributed by atoms with E-state index in [0.29, 0.717) is 5.69 Å². The highest BCUT2D eigenvalue weighted by Gasteiger charge is 2.17. The van der Waals surface area contributed by atoms with E-state index in [0.717, 1.165) is 32.4 Å². The third-order valence-corrected chi connectivity index (χ3v) is 2.14. The van der Waals surface area contributed by atoms with Crippen LogP contribution in [-0.2, 0) is 0 Å². The lowest BCUT2D eigenvalue weighted by molar-refractivity contribution is 0.0742. The van der Waals surface area contributed by atoms with Crippen LogP contribution in [0.25, 0.3) is 0 Å². The van der Waals surface area contributed by atoms with Gasteiger partial charge in [-0.25, -0.2) is 4.63 Å². The van der Waals surface area contributed by atoms with Crippen molar-refractivity contribution in [3.63, 3.8) is 0 Å². The largest absolute Gasteiger partial charge is 0.337 e. The summed E-state index contributed by atoms with van der Waals surface area (Å²) >= 11 is 0. The molecule has 0 aromatic carbocycles. The van der Waals surface area contributed by atoms with E-state index in [4.69, 9.17) is 0 Å². The molecular weight excluding hydrogens is 194 g/mol. The van der Waals surface area contributed by atoms with Crippen molar-refractivity contribution in [1.29, 1.82) is 0 Å². The van der Waals surface area contributed by atoms with Gasteiger partial charge in [0.25, 0.3) is 5.91 Å². The topological polar surface area (TPSA) is 59.2 Å². The SMILES string of the molecule is CCCCN(CCC)C(=O)c1cnon1. The molecule has 0 N–H and O–H groups in total. The molecule has 0 radical (unpaired) electrons. The molecule has 0 aliphatic carbocycles. The molecule has 0 bridgehead atoms. The van der Waals surface area contributed by atoms with Gasteiger partial charge in [0.2, 0.25) is 0 Å². The van der Waals surface area contributed by atoms with Crippen LogP contribution in [0.4, 0.5) is 0 Å². The summed E-state index contributed by atoms with van der Waals surface area (Å²) in [6.45, 7) is 5.68. The highest BCUT2D eigenvalue weighted by Crippen LogP contribution is 2.03. The standard InChI is InChI=1S/C10H17N3O2/c1-3-5-7-13(6-4-2)10(14)9-8-11-15-12-9/h8H,3-7H2,1-2H3. The number of carbonyl (C=O) groups excluding carboxylic acids is 1. The minimum atomic E-state index is -0.0912. The van der Waals surface area contributed by atoms with Crippen molar-refractivity contribution in [3.05, 3.63) is 11.9 Å². The van der Waals surface area contributed by atoms with E-state index in [1.807, 2.05) is 6.92 Å². The van der Waals surface area contributed by atoms with Gasteiger partial charge < -0.3 is 4.90 Å². The van der Waals surface area contributed by atoms with Gasteiger partial charge in [-0.2, -0.15) is 0 Å². The fourth-order valence-electron chi connectivity index (χ4n) is 1.35. The van der Waals surface area contributed by atoms with Gasteiger partial charge in [0.15, 0.2) is 5.69 Å².